The number of halogens is 1. The van der Waals surface area contributed by atoms with Gasteiger partial charge in [-0.05, 0) is 48.2 Å². The fourth-order valence-electron chi connectivity index (χ4n) is 2.83. The van der Waals surface area contributed by atoms with E-state index in [0.717, 1.165) is 44.5 Å². The summed E-state index contributed by atoms with van der Waals surface area (Å²) in [6.07, 6.45) is 5.76. The summed E-state index contributed by atoms with van der Waals surface area (Å²) in [5.74, 6) is 0. The number of hydrogen-bond donors (Lipinski definition) is 1. The van der Waals surface area contributed by atoms with E-state index in [1.54, 1.807) is 0 Å². The Bertz CT molecular complexity index is 427. The minimum absolute atomic E-state index is 0.341. The minimum Gasteiger partial charge on any atom is -0.377 e. The van der Waals surface area contributed by atoms with E-state index in [4.69, 9.17) is 4.74 Å². The van der Waals surface area contributed by atoms with E-state index < -0.39 is 0 Å². The summed E-state index contributed by atoms with van der Waals surface area (Å²) >= 11 is 3.72. The van der Waals surface area contributed by atoms with E-state index in [1.807, 2.05) is 11.7 Å². The Morgan fingerprint density at radius 3 is 2.85 bits per heavy atom. The third-order valence-corrected chi connectivity index (χ3v) is 4.90. The number of hydrogen-bond acceptors (Lipinski definition) is 3. The smallest absolute Gasteiger partial charge is 0.0766 e. The first-order valence-corrected chi connectivity index (χ1v) is 8.51. The molecule has 0 aliphatic carbocycles. The maximum atomic E-state index is 5.89. The Morgan fingerprint density at radius 1 is 1.50 bits per heavy atom. The van der Waals surface area contributed by atoms with Gasteiger partial charge in [-0.3, -0.25) is 4.68 Å². The lowest BCUT2D eigenvalue weighted by molar-refractivity contribution is 0.0778. The first-order valence-electron chi connectivity index (χ1n) is 7.72. The zero-order valence-corrected chi connectivity index (χ0v) is 14.4. The van der Waals surface area contributed by atoms with Crippen molar-refractivity contribution in [3.63, 3.8) is 0 Å². The molecule has 0 saturated carbocycles. The van der Waals surface area contributed by atoms with Gasteiger partial charge in [0, 0.05) is 26.1 Å². The molecule has 4 nitrogen and oxygen atoms in total. The lowest BCUT2D eigenvalue weighted by Crippen LogP contribution is -2.42. The first kappa shape index (κ1) is 16.0. The van der Waals surface area contributed by atoms with Crippen molar-refractivity contribution in [2.24, 2.45) is 7.05 Å². The van der Waals surface area contributed by atoms with Crippen molar-refractivity contribution in [3.8, 4) is 0 Å². The van der Waals surface area contributed by atoms with E-state index in [-0.39, 0.29) is 0 Å². The highest BCUT2D eigenvalue weighted by molar-refractivity contribution is 9.10. The molecule has 0 spiro atoms. The Balaban J connectivity index is 2.11. The van der Waals surface area contributed by atoms with Crippen LogP contribution in [-0.4, -0.2) is 35.1 Å². The van der Waals surface area contributed by atoms with Crippen molar-refractivity contribution in [2.75, 3.05) is 13.2 Å². The summed E-state index contributed by atoms with van der Waals surface area (Å²) < 4.78 is 9.07. The summed E-state index contributed by atoms with van der Waals surface area (Å²) in [6, 6.07) is 0.383. The molecule has 20 heavy (non-hydrogen) atoms. The summed E-state index contributed by atoms with van der Waals surface area (Å²) in [5.41, 5.74) is 2.41. The average molecular weight is 344 g/mol. The lowest BCUT2D eigenvalue weighted by Gasteiger charge is -2.24. The quantitative estimate of drug-likeness (QED) is 0.827. The molecule has 2 unspecified atom stereocenters. The van der Waals surface area contributed by atoms with Crippen molar-refractivity contribution in [3.05, 3.63) is 15.9 Å². The summed E-state index contributed by atoms with van der Waals surface area (Å²) in [7, 11) is 2.03. The Labute approximate surface area is 130 Å². The fraction of sp³-hybridized carbons (Fsp3) is 0.800. The van der Waals surface area contributed by atoms with Gasteiger partial charge in [0.15, 0.2) is 0 Å². The predicted molar refractivity (Wildman–Crippen MR) is 85.0 cm³/mol. The second-order valence-electron chi connectivity index (χ2n) is 5.50. The molecule has 2 heterocycles. The molecule has 1 N–H and O–H groups in total. The van der Waals surface area contributed by atoms with Crippen LogP contribution >= 0.6 is 15.9 Å². The number of aryl methyl sites for hydroxylation is 2. The molecule has 2 atom stereocenters. The average Bonchev–Trinajstić information content (AvgIpc) is 3.05. The zero-order chi connectivity index (χ0) is 14.5. The Kier molecular flexibility index (Phi) is 6.05. The van der Waals surface area contributed by atoms with Crippen molar-refractivity contribution in [1.82, 2.24) is 15.1 Å². The maximum absolute atomic E-state index is 5.89. The Morgan fingerprint density at radius 2 is 2.30 bits per heavy atom. The van der Waals surface area contributed by atoms with Gasteiger partial charge in [-0.25, -0.2) is 0 Å². The third-order valence-electron chi connectivity index (χ3n) is 3.99. The van der Waals surface area contributed by atoms with Crippen LogP contribution in [0.25, 0.3) is 0 Å². The topological polar surface area (TPSA) is 39.1 Å². The van der Waals surface area contributed by atoms with Crippen LogP contribution in [0.5, 0.6) is 0 Å². The predicted octanol–water partition coefficient (Wildman–Crippen LogP) is 2.83. The van der Waals surface area contributed by atoms with Crippen molar-refractivity contribution in [2.45, 2.75) is 58.1 Å². The highest BCUT2D eigenvalue weighted by Crippen LogP contribution is 2.25. The van der Waals surface area contributed by atoms with Crippen LogP contribution in [0.1, 0.15) is 44.5 Å². The summed E-state index contributed by atoms with van der Waals surface area (Å²) in [6.45, 7) is 6.29. The molecule has 1 aliphatic heterocycles. The Hall–Kier alpha value is -0.390. The fourth-order valence-corrected chi connectivity index (χ4v) is 3.61. The second-order valence-corrected chi connectivity index (χ2v) is 6.29. The van der Waals surface area contributed by atoms with Gasteiger partial charge in [-0.1, -0.05) is 13.8 Å². The molecule has 0 aromatic carbocycles. The van der Waals surface area contributed by atoms with Crippen LogP contribution in [0.15, 0.2) is 4.47 Å². The van der Waals surface area contributed by atoms with Crippen LogP contribution in [0.4, 0.5) is 0 Å². The maximum Gasteiger partial charge on any atom is 0.0766 e. The van der Waals surface area contributed by atoms with Gasteiger partial charge < -0.3 is 10.1 Å². The van der Waals surface area contributed by atoms with Gasteiger partial charge in [0.2, 0.25) is 0 Å². The van der Waals surface area contributed by atoms with E-state index >= 15 is 0 Å². The van der Waals surface area contributed by atoms with Gasteiger partial charge in [0.1, 0.15) is 0 Å². The lowest BCUT2D eigenvalue weighted by atomic mass is 10.0. The largest absolute Gasteiger partial charge is 0.377 e. The minimum atomic E-state index is 0.341. The number of nitrogens with zero attached hydrogens (tertiary/aromatic N) is 2. The molecule has 0 bridgehead atoms. The number of aromatic nitrogens is 2. The highest BCUT2D eigenvalue weighted by atomic mass is 79.9. The molecule has 2 rings (SSSR count). The van der Waals surface area contributed by atoms with Crippen molar-refractivity contribution >= 4 is 15.9 Å². The normalized spacial score (nSPS) is 20.5. The van der Waals surface area contributed by atoms with Gasteiger partial charge in [0.25, 0.3) is 0 Å². The molecule has 1 aromatic heterocycles. The molecule has 0 amide bonds. The zero-order valence-electron chi connectivity index (χ0n) is 12.8. The number of ether oxygens (including phenoxy) is 1. The van der Waals surface area contributed by atoms with Crippen LogP contribution in [0.2, 0.25) is 0 Å². The molecule has 114 valence electrons. The monoisotopic (exact) mass is 343 g/mol. The molecule has 1 saturated heterocycles. The summed E-state index contributed by atoms with van der Waals surface area (Å²) in [5, 5.41) is 8.24. The van der Waals surface area contributed by atoms with E-state index in [1.165, 1.54) is 16.6 Å². The van der Waals surface area contributed by atoms with Crippen LogP contribution in [-0.2, 0) is 24.6 Å². The molecule has 0 radical (unpaired) electrons. The van der Waals surface area contributed by atoms with E-state index in [2.05, 4.69) is 40.2 Å². The van der Waals surface area contributed by atoms with Gasteiger partial charge >= 0.3 is 0 Å². The number of rotatable bonds is 7. The second kappa shape index (κ2) is 7.57. The van der Waals surface area contributed by atoms with Gasteiger partial charge in [-0.2, -0.15) is 5.10 Å². The summed E-state index contributed by atoms with van der Waals surface area (Å²) in [4.78, 5) is 0. The van der Waals surface area contributed by atoms with Crippen LogP contribution in [0, 0.1) is 0 Å². The van der Waals surface area contributed by atoms with Gasteiger partial charge in [-0.15, -0.1) is 0 Å². The van der Waals surface area contributed by atoms with Crippen molar-refractivity contribution < 1.29 is 4.74 Å². The molecular formula is C15H26BrN3O. The number of nitrogens with one attached hydrogen (secondary N) is 1. The standard InChI is InChI=1S/C15H26BrN3O/c1-4-8-17-12(14-7-6-9-20-14)10-13-15(16)11(5-2)18-19(13)3/h12,14,17H,4-10H2,1-3H3. The molecule has 1 fully saturated rings. The molecule has 1 aliphatic rings. The SMILES string of the molecule is CCCNC(Cc1c(Br)c(CC)nn1C)C1CCCO1. The third kappa shape index (κ3) is 3.62. The van der Waals surface area contributed by atoms with Crippen LogP contribution in [0.3, 0.4) is 0 Å². The van der Waals surface area contributed by atoms with Crippen LogP contribution < -0.4 is 5.32 Å². The molecule has 1 aromatic rings. The van der Waals surface area contributed by atoms with Gasteiger partial charge in [0.05, 0.1) is 22.0 Å². The van der Waals surface area contributed by atoms with Crippen molar-refractivity contribution in [1.29, 1.82) is 0 Å². The highest BCUT2D eigenvalue weighted by Gasteiger charge is 2.27. The molecular weight excluding hydrogens is 318 g/mol. The van der Waals surface area contributed by atoms with E-state index in [9.17, 15) is 0 Å². The van der Waals surface area contributed by atoms with E-state index in [0.29, 0.717) is 12.1 Å². The molecule has 5 heteroatoms. The first-order chi connectivity index (χ1) is 9.67.